The summed E-state index contributed by atoms with van der Waals surface area (Å²) in [5.41, 5.74) is 5.37. The van der Waals surface area contributed by atoms with E-state index in [0.717, 1.165) is 11.5 Å². The van der Waals surface area contributed by atoms with E-state index in [2.05, 4.69) is 0 Å². The molecule has 6 heteroatoms. The largest absolute Gasteiger partial charge is 0.465 e. The van der Waals surface area contributed by atoms with E-state index >= 15 is 0 Å². The second kappa shape index (κ2) is 4.68. The highest BCUT2D eigenvalue weighted by atomic mass is 32.2. The van der Waals surface area contributed by atoms with Gasteiger partial charge in [0.1, 0.15) is 11.5 Å². The van der Waals surface area contributed by atoms with Crippen LogP contribution in [0.1, 0.15) is 17.9 Å². The summed E-state index contributed by atoms with van der Waals surface area (Å²) in [6, 6.07) is 3.82. The second-order valence-electron chi connectivity index (χ2n) is 5.14. The maximum Gasteiger partial charge on any atom is 0.152 e. The van der Waals surface area contributed by atoms with E-state index in [9.17, 15) is 8.42 Å². The molecule has 0 bridgehead atoms. The first-order valence-corrected chi connectivity index (χ1v) is 7.86. The van der Waals surface area contributed by atoms with Crippen molar-refractivity contribution in [3.8, 4) is 0 Å². The van der Waals surface area contributed by atoms with Crippen LogP contribution in [0.15, 0.2) is 16.5 Å². The van der Waals surface area contributed by atoms with Crippen LogP contribution in [0.5, 0.6) is 0 Å². The van der Waals surface area contributed by atoms with Crippen molar-refractivity contribution in [1.82, 2.24) is 4.90 Å². The summed E-state index contributed by atoms with van der Waals surface area (Å²) in [5, 5.41) is 0. The number of nitrogens with two attached hydrogens (primary N) is 1. The lowest BCUT2D eigenvalue weighted by Crippen LogP contribution is -2.52. The Bertz CT molecular complexity index is 523. The standard InChI is InChI=1S/C12H20N2O3S/c1-10-3-4-11(17-10)7-14(2)12(8-13)5-6-18(15,16)9-12/h3-4H,5-9,13H2,1-2H3. The van der Waals surface area contributed by atoms with E-state index in [1.807, 2.05) is 31.0 Å². The molecule has 1 atom stereocenters. The zero-order chi connectivity index (χ0) is 13.4. The van der Waals surface area contributed by atoms with E-state index in [1.165, 1.54) is 0 Å². The Hall–Kier alpha value is -0.850. The fourth-order valence-electron chi connectivity index (χ4n) is 2.49. The predicted octanol–water partition coefficient (Wildman–Crippen LogP) is 0.536. The first-order valence-electron chi connectivity index (χ1n) is 6.04. The van der Waals surface area contributed by atoms with Crippen molar-refractivity contribution in [3.05, 3.63) is 23.7 Å². The topological polar surface area (TPSA) is 76.5 Å². The highest BCUT2D eigenvalue weighted by Gasteiger charge is 2.44. The Labute approximate surface area is 108 Å². The van der Waals surface area contributed by atoms with Crippen molar-refractivity contribution in [2.45, 2.75) is 25.4 Å². The van der Waals surface area contributed by atoms with Crippen LogP contribution >= 0.6 is 0 Å². The lowest BCUT2D eigenvalue weighted by atomic mass is 9.97. The van der Waals surface area contributed by atoms with Gasteiger partial charge < -0.3 is 10.2 Å². The van der Waals surface area contributed by atoms with Gasteiger partial charge in [-0.25, -0.2) is 8.42 Å². The summed E-state index contributed by atoms with van der Waals surface area (Å²) in [6.45, 7) is 2.82. The van der Waals surface area contributed by atoms with E-state index in [0.29, 0.717) is 19.5 Å². The Kier molecular flexibility index (Phi) is 3.53. The average Bonchev–Trinajstić information content (AvgIpc) is 2.83. The summed E-state index contributed by atoms with van der Waals surface area (Å²) in [5.74, 6) is 2.07. The summed E-state index contributed by atoms with van der Waals surface area (Å²) in [7, 11) is -1.04. The lowest BCUT2D eigenvalue weighted by molar-refractivity contribution is 0.132. The maximum absolute atomic E-state index is 11.7. The molecule has 2 N–H and O–H groups in total. The molecule has 1 aromatic rings. The van der Waals surface area contributed by atoms with Crippen molar-refractivity contribution in [1.29, 1.82) is 0 Å². The van der Waals surface area contributed by atoms with Gasteiger partial charge in [-0.2, -0.15) is 0 Å². The minimum absolute atomic E-state index is 0.146. The first kappa shape index (κ1) is 13.6. The average molecular weight is 272 g/mol. The molecule has 1 unspecified atom stereocenters. The van der Waals surface area contributed by atoms with Gasteiger partial charge in [-0.15, -0.1) is 0 Å². The number of furan rings is 1. The summed E-state index contributed by atoms with van der Waals surface area (Å²) in [6.07, 6.45) is 0.599. The van der Waals surface area contributed by atoms with Gasteiger partial charge in [0, 0.05) is 12.1 Å². The van der Waals surface area contributed by atoms with Crippen LogP contribution < -0.4 is 5.73 Å². The van der Waals surface area contributed by atoms with Gasteiger partial charge in [0.2, 0.25) is 0 Å². The molecule has 1 aliphatic heterocycles. The molecular formula is C12H20N2O3S. The van der Waals surface area contributed by atoms with Crippen molar-refractivity contribution in [2.24, 2.45) is 5.73 Å². The van der Waals surface area contributed by atoms with Crippen molar-refractivity contribution < 1.29 is 12.8 Å². The zero-order valence-corrected chi connectivity index (χ0v) is 11.7. The molecule has 1 saturated heterocycles. The number of hydrogen-bond acceptors (Lipinski definition) is 5. The van der Waals surface area contributed by atoms with E-state index < -0.39 is 15.4 Å². The molecule has 5 nitrogen and oxygen atoms in total. The smallest absolute Gasteiger partial charge is 0.152 e. The number of sulfone groups is 1. The molecule has 2 heterocycles. The van der Waals surface area contributed by atoms with Gasteiger partial charge in [0.05, 0.1) is 18.1 Å². The fourth-order valence-corrected chi connectivity index (χ4v) is 4.63. The molecule has 2 rings (SSSR count). The third kappa shape index (κ3) is 2.60. The maximum atomic E-state index is 11.7. The first-order chi connectivity index (χ1) is 8.37. The molecule has 0 saturated carbocycles. The van der Waals surface area contributed by atoms with E-state index in [1.54, 1.807) is 0 Å². The van der Waals surface area contributed by atoms with Crippen LogP contribution in [0.4, 0.5) is 0 Å². The molecule has 0 amide bonds. The minimum atomic E-state index is -2.95. The number of aryl methyl sites for hydroxylation is 1. The Morgan fingerprint density at radius 3 is 2.67 bits per heavy atom. The SMILES string of the molecule is Cc1ccc(CN(C)C2(CN)CCS(=O)(=O)C2)o1. The van der Waals surface area contributed by atoms with Gasteiger partial charge in [-0.05, 0) is 32.5 Å². The van der Waals surface area contributed by atoms with Gasteiger partial charge in [-0.1, -0.05) is 0 Å². The Morgan fingerprint density at radius 2 is 2.22 bits per heavy atom. The number of hydrogen-bond donors (Lipinski definition) is 1. The van der Waals surface area contributed by atoms with Crippen LogP contribution in [-0.4, -0.2) is 44.0 Å². The minimum Gasteiger partial charge on any atom is -0.465 e. The second-order valence-corrected chi connectivity index (χ2v) is 7.32. The summed E-state index contributed by atoms with van der Waals surface area (Å²) < 4.78 is 28.8. The Morgan fingerprint density at radius 1 is 1.50 bits per heavy atom. The quantitative estimate of drug-likeness (QED) is 0.865. The van der Waals surface area contributed by atoms with Gasteiger partial charge >= 0.3 is 0 Å². The van der Waals surface area contributed by atoms with Crippen LogP contribution in [0.2, 0.25) is 0 Å². The Balaban J connectivity index is 2.14. The molecule has 1 aromatic heterocycles. The van der Waals surface area contributed by atoms with Crippen LogP contribution in [-0.2, 0) is 16.4 Å². The summed E-state index contributed by atoms with van der Waals surface area (Å²) >= 11 is 0. The number of likely N-dealkylation sites (N-methyl/N-ethyl adjacent to an activating group) is 1. The van der Waals surface area contributed by atoms with E-state index in [4.69, 9.17) is 10.2 Å². The lowest BCUT2D eigenvalue weighted by Gasteiger charge is -2.36. The van der Waals surface area contributed by atoms with Crippen molar-refractivity contribution in [2.75, 3.05) is 25.1 Å². The van der Waals surface area contributed by atoms with Gasteiger partial charge in [0.25, 0.3) is 0 Å². The van der Waals surface area contributed by atoms with Crippen LogP contribution in [0.25, 0.3) is 0 Å². The summed E-state index contributed by atoms with van der Waals surface area (Å²) in [4.78, 5) is 2.01. The molecule has 1 aliphatic rings. The molecule has 18 heavy (non-hydrogen) atoms. The monoisotopic (exact) mass is 272 g/mol. The molecular weight excluding hydrogens is 252 g/mol. The van der Waals surface area contributed by atoms with Crippen molar-refractivity contribution in [3.63, 3.8) is 0 Å². The predicted molar refractivity (Wildman–Crippen MR) is 70.0 cm³/mol. The highest BCUT2D eigenvalue weighted by molar-refractivity contribution is 7.91. The number of nitrogens with zero attached hydrogens (tertiary/aromatic N) is 1. The molecule has 0 aliphatic carbocycles. The third-order valence-electron chi connectivity index (χ3n) is 3.75. The van der Waals surface area contributed by atoms with Gasteiger partial charge in [0.15, 0.2) is 9.84 Å². The zero-order valence-electron chi connectivity index (χ0n) is 10.8. The van der Waals surface area contributed by atoms with Crippen LogP contribution in [0, 0.1) is 6.92 Å². The number of rotatable bonds is 4. The third-order valence-corrected chi connectivity index (χ3v) is 5.55. The molecule has 1 fully saturated rings. The van der Waals surface area contributed by atoms with Gasteiger partial charge in [-0.3, -0.25) is 4.90 Å². The molecule has 102 valence electrons. The normalized spacial score (nSPS) is 26.9. The highest BCUT2D eigenvalue weighted by Crippen LogP contribution is 2.29. The molecule has 0 aromatic carbocycles. The fraction of sp³-hybridized carbons (Fsp3) is 0.667. The van der Waals surface area contributed by atoms with E-state index in [-0.39, 0.29) is 11.5 Å². The molecule has 0 spiro atoms. The van der Waals surface area contributed by atoms with Crippen molar-refractivity contribution >= 4 is 9.84 Å². The van der Waals surface area contributed by atoms with Crippen LogP contribution in [0.3, 0.4) is 0 Å². The molecule has 0 radical (unpaired) electrons.